The molecule has 0 atom stereocenters. The van der Waals surface area contributed by atoms with E-state index >= 15 is 0 Å². The Morgan fingerprint density at radius 1 is 1.00 bits per heavy atom. The first-order valence-electron chi connectivity index (χ1n) is 5.44. The van der Waals surface area contributed by atoms with Crippen LogP contribution in [-0.4, -0.2) is 5.60 Å². The van der Waals surface area contributed by atoms with Gasteiger partial charge >= 0.3 is 0 Å². The fourth-order valence-corrected chi connectivity index (χ4v) is 1.09. The molecule has 0 aliphatic carbocycles. The molecule has 0 unspecified atom stereocenters. The maximum atomic E-state index is 13.3. The summed E-state index contributed by atoms with van der Waals surface area (Å²) in [5, 5.41) is 0. The highest BCUT2D eigenvalue weighted by molar-refractivity contribution is 5.31. The Morgan fingerprint density at radius 3 is 1.69 bits per heavy atom. The molecule has 16 heavy (non-hydrogen) atoms. The maximum absolute atomic E-state index is 13.3. The Kier molecular flexibility index (Phi) is 5.42. The Morgan fingerprint density at radius 2 is 1.38 bits per heavy atom. The Hall–Kier alpha value is -1.12. The smallest absolute Gasteiger partial charge is 0.191 e. The van der Waals surface area contributed by atoms with E-state index in [1.54, 1.807) is 27.7 Å². The molecule has 0 amide bonds. The predicted molar refractivity (Wildman–Crippen MR) is 62.8 cm³/mol. The minimum Gasteiger partial charge on any atom is -0.482 e. The summed E-state index contributed by atoms with van der Waals surface area (Å²) in [6, 6.07) is 2.51. The fourth-order valence-electron chi connectivity index (χ4n) is 1.09. The van der Waals surface area contributed by atoms with Crippen LogP contribution in [0.2, 0.25) is 0 Å². The average molecular weight is 230 g/mol. The first kappa shape index (κ1) is 14.9. The van der Waals surface area contributed by atoms with E-state index < -0.39 is 17.2 Å². The molecule has 0 N–H and O–H groups in total. The minimum absolute atomic E-state index is 0.303. The van der Waals surface area contributed by atoms with Crippen LogP contribution < -0.4 is 4.74 Å². The molecule has 0 spiro atoms. The molecule has 0 fully saturated rings. The number of benzene rings is 1. The molecule has 1 rings (SSSR count). The maximum Gasteiger partial charge on any atom is 0.191 e. The number of halogens is 2. The van der Waals surface area contributed by atoms with Gasteiger partial charge in [0.1, 0.15) is 5.60 Å². The van der Waals surface area contributed by atoms with Gasteiger partial charge in [-0.3, -0.25) is 0 Å². The van der Waals surface area contributed by atoms with Crippen LogP contribution in [0, 0.1) is 18.6 Å². The van der Waals surface area contributed by atoms with Crippen molar-refractivity contribution in [3.63, 3.8) is 0 Å². The lowest BCUT2D eigenvalue weighted by molar-refractivity contribution is 0.117. The van der Waals surface area contributed by atoms with Gasteiger partial charge in [-0.2, -0.15) is 0 Å². The second kappa shape index (κ2) is 5.83. The van der Waals surface area contributed by atoms with E-state index in [0.29, 0.717) is 5.56 Å². The second-order valence-corrected chi connectivity index (χ2v) is 4.27. The second-order valence-electron chi connectivity index (χ2n) is 4.27. The van der Waals surface area contributed by atoms with Gasteiger partial charge < -0.3 is 4.74 Å². The largest absolute Gasteiger partial charge is 0.482 e. The molecule has 1 nitrogen and oxygen atoms in total. The minimum atomic E-state index is -0.655. The van der Waals surface area contributed by atoms with Gasteiger partial charge in [-0.15, -0.1) is 0 Å². The third-order valence-electron chi connectivity index (χ3n) is 1.55. The summed E-state index contributed by atoms with van der Waals surface area (Å²) in [6.07, 6.45) is 0. The zero-order valence-corrected chi connectivity index (χ0v) is 10.8. The normalized spacial score (nSPS) is 10.5. The van der Waals surface area contributed by atoms with Crippen molar-refractivity contribution in [2.24, 2.45) is 0 Å². The molecule has 0 bridgehead atoms. The quantitative estimate of drug-likeness (QED) is 0.691. The highest BCUT2D eigenvalue weighted by atomic mass is 19.1. The third-order valence-corrected chi connectivity index (χ3v) is 1.55. The number of ether oxygens (including phenoxy) is 1. The Bertz CT molecular complexity index is 317. The van der Waals surface area contributed by atoms with Crippen molar-refractivity contribution in [3.8, 4) is 5.75 Å². The summed E-state index contributed by atoms with van der Waals surface area (Å²) in [7, 11) is 0. The van der Waals surface area contributed by atoms with Crippen molar-refractivity contribution in [2.75, 3.05) is 0 Å². The van der Waals surface area contributed by atoms with Crippen LogP contribution in [-0.2, 0) is 0 Å². The zero-order chi connectivity index (χ0) is 12.9. The van der Waals surface area contributed by atoms with Gasteiger partial charge in [-0.05, 0) is 45.4 Å². The van der Waals surface area contributed by atoms with E-state index in [-0.39, 0.29) is 5.75 Å². The van der Waals surface area contributed by atoms with Crippen LogP contribution in [0.4, 0.5) is 8.78 Å². The van der Waals surface area contributed by atoms with Crippen LogP contribution in [0.15, 0.2) is 12.1 Å². The van der Waals surface area contributed by atoms with Crippen molar-refractivity contribution in [2.45, 2.75) is 47.1 Å². The van der Waals surface area contributed by atoms with E-state index in [1.165, 1.54) is 12.1 Å². The molecule has 0 saturated heterocycles. The third kappa shape index (κ3) is 4.60. The van der Waals surface area contributed by atoms with E-state index in [9.17, 15) is 8.78 Å². The van der Waals surface area contributed by atoms with Crippen molar-refractivity contribution < 1.29 is 13.5 Å². The molecule has 0 heterocycles. The number of hydrogen-bond acceptors (Lipinski definition) is 1. The molecule has 1 aromatic carbocycles. The highest BCUT2D eigenvalue weighted by Gasteiger charge is 2.18. The number of rotatable bonds is 1. The van der Waals surface area contributed by atoms with E-state index in [4.69, 9.17) is 4.74 Å². The SMILES string of the molecule is CC.Cc1cc(F)c(OC(C)(C)C)c(F)c1. The summed E-state index contributed by atoms with van der Waals surface area (Å²) in [5.74, 6) is -1.61. The van der Waals surface area contributed by atoms with Gasteiger partial charge in [0.2, 0.25) is 0 Å². The van der Waals surface area contributed by atoms with Gasteiger partial charge in [0, 0.05) is 0 Å². The summed E-state index contributed by atoms with van der Waals surface area (Å²) in [6.45, 7) is 10.9. The lowest BCUT2D eigenvalue weighted by Crippen LogP contribution is -2.24. The summed E-state index contributed by atoms with van der Waals surface area (Å²) in [4.78, 5) is 0. The Labute approximate surface area is 96.4 Å². The molecule has 0 radical (unpaired) electrons. The molecule has 3 heteroatoms. The molecule has 1 aromatic rings. The molecule has 0 saturated carbocycles. The molecule has 0 aliphatic heterocycles. The van der Waals surface area contributed by atoms with E-state index in [2.05, 4.69) is 0 Å². The van der Waals surface area contributed by atoms with Crippen LogP contribution in [0.1, 0.15) is 40.2 Å². The van der Waals surface area contributed by atoms with Crippen molar-refractivity contribution >= 4 is 0 Å². The van der Waals surface area contributed by atoms with Crippen molar-refractivity contribution in [1.82, 2.24) is 0 Å². The Balaban J connectivity index is 0.00000106. The van der Waals surface area contributed by atoms with Crippen LogP contribution in [0.5, 0.6) is 5.75 Å². The molecular weight excluding hydrogens is 210 g/mol. The lowest BCUT2D eigenvalue weighted by Gasteiger charge is -2.22. The van der Waals surface area contributed by atoms with Crippen LogP contribution >= 0.6 is 0 Å². The van der Waals surface area contributed by atoms with Crippen LogP contribution in [0.25, 0.3) is 0 Å². The van der Waals surface area contributed by atoms with Crippen molar-refractivity contribution in [3.05, 3.63) is 29.3 Å². The molecule has 0 aromatic heterocycles. The highest BCUT2D eigenvalue weighted by Crippen LogP contribution is 2.26. The first-order chi connectivity index (χ1) is 7.29. The van der Waals surface area contributed by atoms with Gasteiger partial charge in [-0.25, -0.2) is 8.78 Å². The molecular formula is C13H20F2O. The predicted octanol–water partition coefficient (Wildman–Crippen LogP) is 4.48. The monoisotopic (exact) mass is 230 g/mol. The topological polar surface area (TPSA) is 9.23 Å². The average Bonchev–Trinajstić information content (AvgIpc) is 2.13. The summed E-state index contributed by atoms with van der Waals surface area (Å²) in [5.41, 5.74) is -0.0574. The lowest BCUT2D eigenvalue weighted by atomic mass is 10.1. The van der Waals surface area contributed by atoms with Crippen LogP contribution in [0.3, 0.4) is 0 Å². The molecule has 92 valence electrons. The number of aryl methyl sites for hydroxylation is 1. The summed E-state index contributed by atoms with van der Waals surface area (Å²) < 4.78 is 31.7. The van der Waals surface area contributed by atoms with E-state index in [0.717, 1.165) is 0 Å². The van der Waals surface area contributed by atoms with Crippen molar-refractivity contribution in [1.29, 1.82) is 0 Å². The first-order valence-corrected chi connectivity index (χ1v) is 5.44. The fraction of sp³-hybridized carbons (Fsp3) is 0.538. The molecule has 0 aliphatic rings. The van der Waals surface area contributed by atoms with Gasteiger partial charge in [0.05, 0.1) is 0 Å². The van der Waals surface area contributed by atoms with Gasteiger partial charge in [0.25, 0.3) is 0 Å². The number of hydrogen-bond donors (Lipinski definition) is 0. The van der Waals surface area contributed by atoms with E-state index in [1.807, 2.05) is 13.8 Å². The zero-order valence-electron chi connectivity index (χ0n) is 10.8. The van der Waals surface area contributed by atoms with Gasteiger partial charge in [-0.1, -0.05) is 13.8 Å². The van der Waals surface area contributed by atoms with Gasteiger partial charge in [0.15, 0.2) is 17.4 Å². The summed E-state index contributed by atoms with van der Waals surface area (Å²) >= 11 is 0. The standard InChI is InChI=1S/C11H14F2O.C2H6/c1-7-5-8(12)10(9(13)6-7)14-11(2,3)4;1-2/h5-6H,1-4H3;1-2H3.